The van der Waals surface area contributed by atoms with E-state index in [2.05, 4.69) is 28.1 Å². The van der Waals surface area contributed by atoms with E-state index in [0.29, 0.717) is 0 Å². The summed E-state index contributed by atoms with van der Waals surface area (Å²) in [5.74, 6) is 3.64. The fourth-order valence-corrected chi connectivity index (χ4v) is 1.75. The molecule has 0 saturated heterocycles. The molecule has 92 valence electrons. The number of terminal acetylenes is 1. The van der Waals surface area contributed by atoms with Crippen molar-refractivity contribution in [2.45, 2.75) is 19.8 Å². The smallest absolute Gasteiger partial charge is 0.222 e. The van der Waals surface area contributed by atoms with Crippen molar-refractivity contribution >= 4 is 22.7 Å². The molecule has 4 heteroatoms. The van der Waals surface area contributed by atoms with E-state index in [4.69, 9.17) is 12.2 Å². The van der Waals surface area contributed by atoms with Gasteiger partial charge in [-0.05, 0) is 24.6 Å². The van der Waals surface area contributed by atoms with Crippen LogP contribution in [0.3, 0.4) is 0 Å². The number of nitrogens with zero attached hydrogens (tertiary/aromatic N) is 2. The second kappa shape index (κ2) is 5.37. The number of rotatable bonds is 4. The fraction of sp³-hybridized carbons (Fsp3) is 0.286. The molecule has 0 spiro atoms. The van der Waals surface area contributed by atoms with E-state index in [1.807, 2.05) is 18.2 Å². The van der Waals surface area contributed by atoms with Gasteiger partial charge >= 0.3 is 0 Å². The van der Waals surface area contributed by atoms with Crippen molar-refractivity contribution in [1.29, 1.82) is 0 Å². The van der Waals surface area contributed by atoms with Crippen LogP contribution in [0.4, 0.5) is 11.8 Å². The zero-order valence-corrected chi connectivity index (χ0v) is 10.4. The molecule has 0 atom stereocenters. The van der Waals surface area contributed by atoms with E-state index in [0.717, 1.165) is 41.7 Å². The molecule has 1 heterocycles. The van der Waals surface area contributed by atoms with Crippen LogP contribution in [0.5, 0.6) is 0 Å². The van der Waals surface area contributed by atoms with E-state index in [-0.39, 0.29) is 5.95 Å². The van der Waals surface area contributed by atoms with Gasteiger partial charge in [0.1, 0.15) is 5.82 Å². The van der Waals surface area contributed by atoms with Gasteiger partial charge in [-0.3, -0.25) is 0 Å². The minimum Gasteiger partial charge on any atom is -0.369 e. The molecular formula is C14H16N4. The molecule has 1 aromatic carbocycles. The summed E-state index contributed by atoms with van der Waals surface area (Å²) in [6.07, 6.45) is 7.62. The number of fused-ring (bicyclic) bond motifs is 1. The molecule has 0 aliphatic heterocycles. The minimum absolute atomic E-state index is 0.273. The molecule has 0 saturated carbocycles. The number of hydrogen-bond donors (Lipinski definition) is 2. The highest BCUT2D eigenvalue weighted by Gasteiger charge is 2.06. The third kappa shape index (κ3) is 2.51. The van der Waals surface area contributed by atoms with Crippen LogP contribution in [-0.4, -0.2) is 16.5 Å². The first-order valence-electron chi connectivity index (χ1n) is 6.02. The Hall–Kier alpha value is -2.28. The second-order valence-corrected chi connectivity index (χ2v) is 4.09. The molecule has 0 aliphatic rings. The van der Waals surface area contributed by atoms with Crippen LogP contribution in [0.2, 0.25) is 0 Å². The maximum absolute atomic E-state index is 5.70. The lowest BCUT2D eigenvalue weighted by molar-refractivity contribution is 0.832. The second-order valence-electron chi connectivity index (χ2n) is 4.09. The summed E-state index contributed by atoms with van der Waals surface area (Å²) in [4.78, 5) is 8.43. The van der Waals surface area contributed by atoms with Crippen molar-refractivity contribution in [3.63, 3.8) is 0 Å². The Labute approximate surface area is 107 Å². The lowest BCUT2D eigenvalue weighted by Gasteiger charge is -2.09. The number of benzene rings is 1. The average Bonchev–Trinajstić information content (AvgIpc) is 2.38. The van der Waals surface area contributed by atoms with E-state index >= 15 is 0 Å². The number of nitrogen functional groups attached to an aromatic ring is 1. The highest BCUT2D eigenvalue weighted by molar-refractivity contribution is 5.91. The van der Waals surface area contributed by atoms with Gasteiger partial charge in [-0.15, -0.1) is 6.42 Å². The van der Waals surface area contributed by atoms with Crippen molar-refractivity contribution in [2.24, 2.45) is 0 Å². The summed E-state index contributed by atoms with van der Waals surface area (Å²) < 4.78 is 0. The van der Waals surface area contributed by atoms with E-state index in [1.54, 1.807) is 0 Å². The summed E-state index contributed by atoms with van der Waals surface area (Å²) in [5, 5.41) is 4.19. The number of unbranched alkanes of at least 4 members (excludes halogenated alkanes) is 1. The Balaban J connectivity index is 2.45. The van der Waals surface area contributed by atoms with Gasteiger partial charge in [-0.2, -0.15) is 4.98 Å². The Kier molecular flexibility index (Phi) is 3.63. The fourth-order valence-electron chi connectivity index (χ4n) is 1.75. The van der Waals surface area contributed by atoms with Gasteiger partial charge in [-0.1, -0.05) is 19.3 Å². The molecule has 0 radical (unpaired) electrons. The predicted octanol–water partition coefficient (Wildman–Crippen LogP) is 2.41. The van der Waals surface area contributed by atoms with Crippen LogP contribution in [0, 0.1) is 12.3 Å². The molecule has 18 heavy (non-hydrogen) atoms. The van der Waals surface area contributed by atoms with Gasteiger partial charge in [0.2, 0.25) is 5.95 Å². The largest absolute Gasteiger partial charge is 0.369 e. The molecule has 0 unspecified atom stereocenters. The maximum Gasteiger partial charge on any atom is 0.222 e. The normalized spacial score (nSPS) is 10.2. The number of nitrogens with one attached hydrogen (secondary N) is 1. The zero-order chi connectivity index (χ0) is 13.0. The predicted molar refractivity (Wildman–Crippen MR) is 75.3 cm³/mol. The van der Waals surface area contributed by atoms with Crippen LogP contribution in [0.25, 0.3) is 10.9 Å². The first kappa shape index (κ1) is 12.2. The molecule has 1 aromatic heterocycles. The number of hydrogen-bond acceptors (Lipinski definition) is 4. The van der Waals surface area contributed by atoms with Crippen LogP contribution in [-0.2, 0) is 0 Å². The van der Waals surface area contributed by atoms with Crippen LogP contribution >= 0.6 is 0 Å². The molecule has 2 rings (SSSR count). The zero-order valence-electron chi connectivity index (χ0n) is 10.4. The molecule has 0 amide bonds. The average molecular weight is 240 g/mol. The van der Waals surface area contributed by atoms with Crippen LogP contribution < -0.4 is 11.1 Å². The van der Waals surface area contributed by atoms with Crippen LogP contribution in [0.1, 0.15) is 25.3 Å². The standard InChI is InChI=1S/C14H16N4/c1-3-5-8-16-13-11-9-10(4-2)6-7-12(11)17-14(15)18-13/h2,6-7,9H,3,5,8H2,1H3,(H3,15,16,17,18). The first-order valence-corrected chi connectivity index (χ1v) is 6.02. The molecule has 3 N–H and O–H groups in total. The van der Waals surface area contributed by atoms with Crippen molar-refractivity contribution < 1.29 is 0 Å². The quantitative estimate of drug-likeness (QED) is 0.636. The van der Waals surface area contributed by atoms with Crippen molar-refractivity contribution in [2.75, 3.05) is 17.6 Å². The Morgan fingerprint density at radius 1 is 1.39 bits per heavy atom. The maximum atomic E-state index is 5.70. The van der Waals surface area contributed by atoms with E-state index < -0.39 is 0 Å². The number of anilines is 2. The topological polar surface area (TPSA) is 63.8 Å². The van der Waals surface area contributed by atoms with Crippen molar-refractivity contribution in [3.05, 3.63) is 23.8 Å². The molecule has 0 fully saturated rings. The molecule has 0 bridgehead atoms. The number of aromatic nitrogens is 2. The van der Waals surface area contributed by atoms with Crippen molar-refractivity contribution in [3.8, 4) is 12.3 Å². The lowest BCUT2D eigenvalue weighted by Crippen LogP contribution is -2.06. The van der Waals surface area contributed by atoms with Gasteiger partial charge < -0.3 is 11.1 Å². The summed E-state index contributed by atoms with van der Waals surface area (Å²) in [7, 11) is 0. The van der Waals surface area contributed by atoms with Gasteiger partial charge in [0, 0.05) is 17.5 Å². The third-order valence-corrected chi connectivity index (χ3v) is 2.70. The monoisotopic (exact) mass is 240 g/mol. The Bertz CT molecular complexity index is 599. The highest BCUT2D eigenvalue weighted by Crippen LogP contribution is 2.22. The van der Waals surface area contributed by atoms with E-state index in [1.165, 1.54) is 0 Å². The van der Waals surface area contributed by atoms with Gasteiger partial charge in [0.05, 0.1) is 5.52 Å². The first-order chi connectivity index (χ1) is 8.74. The summed E-state index contributed by atoms with van der Waals surface area (Å²) in [5.41, 5.74) is 7.32. The minimum atomic E-state index is 0.273. The molecule has 0 aliphatic carbocycles. The summed E-state index contributed by atoms with van der Waals surface area (Å²) in [6, 6.07) is 5.63. The SMILES string of the molecule is C#Cc1ccc2nc(N)nc(NCCCC)c2c1. The van der Waals surface area contributed by atoms with Gasteiger partial charge in [0.25, 0.3) is 0 Å². The Morgan fingerprint density at radius 2 is 2.22 bits per heavy atom. The molecular weight excluding hydrogens is 224 g/mol. The Morgan fingerprint density at radius 3 is 2.94 bits per heavy atom. The third-order valence-electron chi connectivity index (χ3n) is 2.70. The highest BCUT2D eigenvalue weighted by atomic mass is 15.1. The molecule has 4 nitrogen and oxygen atoms in total. The van der Waals surface area contributed by atoms with Crippen molar-refractivity contribution in [1.82, 2.24) is 9.97 Å². The summed E-state index contributed by atoms with van der Waals surface area (Å²) >= 11 is 0. The van der Waals surface area contributed by atoms with Gasteiger partial charge in [0.15, 0.2) is 0 Å². The lowest BCUT2D eigenvalue weighted by atomic mass is 10.1. The number of nitrogens with two attached hydrogens (primary N) is 1. The van der Waals surface area contributed by atoms with Crippen LogP contribution in [0.15, 0.2) is 18.2 Å². The summed E-state index contributed by atoms with van der Waals surface area (Å²) in [6.45, 7) is 3.01. The van der Waals surface area contributed by atoms with Gasteiger partial charge in [-0.25, -0.2) is 4.98 Å². The van der Waals surface area contributed by atoms with E-state index in [9.17, 15) is 0 Å². The molecule has 2 aromatic rings.